The number of nitrogens with zero attached hydrogens (tertiary/aromatic N) is 2. The zero-order chi connectivity index (χ0) is 17.9. The number of fused-ring (bicyclic) bond motifs is 1. The number of para-hydroxylation sites is 1. The Hall–Kier alpha value is -2.59. The lowest BCUT2D eigenvalue weighted by Crippen LogP contribution is -2.16. The molecule has 3 aromatic rings. The normalized spacial score (nSPS) is 12.8. The topological polar surface area (TPSA) is 46.9 Å². The molecule has 1 aliphatic rings. The number of amides is 1. The van der Waals surface area contributed by atoms with Gasteiger partial charge in [0.2, 0.25) is 5.91 Å². The van der Waals surface area contributed by atoms with Crippen LogP contribution in [0.5, 0.6) is 0 Å². The molecule has 4 nitrogen and oxygen atoms in total. The maximum Gasteiger partial charge on any atom is 0.225 e. The summed E-state index contributed by atoms with van der Waals surface area (Å²) < 4.78 is 1.86. The minimum Gasteiger partial charge on any atom is -0.310 e. The molecule has 0 spiro atoms. The van der Waals surface area contributed by atoms with Crippen LogP contribution >= 0.6 is 11.6 Å². The summed E-state index contributed by atoms with van der Waals surface area (Å²) in [5.74, 6) is 0.796. The van der Waals surface area contributed by atoms with E-state index in [1.165, 1.54) is 5.56 Å². The summed E-state index contributed by atoms with van der Waals surface area (Å²) in [7, 11) is 0. The highest BCUT2D eigenvalue weighted by Crippen LogP contribution is 2.31. The summed E-state index contributed by atoms with van der Waals surface area (Å²) in [4.78, 5) is 12.6. The second kappa shape index (κ2) is 7.34. The van der Waals surface area contributed by atoms with Crippen molar-refractivity contribution in [3.8, 4) is 5.69 Å². The fourth-order valence-electron chi connectivity index (χ4n) is 3.42. The minimum absolute atomic E-state index is 0.0169. The van der Waals surface area contributed by atoms with Crippen molar-refractivity contribution in [3.05, 3.63) is 76.4 Å². The molecule has 4 rings (SSSR count). The number of hydrogen-bond donors (Lipinski definition) is 1. The van der Waals surface area contributed by atoms with Gasteiger partial charge in [-0.1, -0.05) is 48.0 Å². The van der Waals surface area contributed by atoms with Gasteiger partial charge in [0.1, 0.15) is 5.82 Å². The second-order valence-electron chi connectivity index (χ2n) is 6.51. The Morgan fingerprint density at radius 2 is 1.85 bits per heavy atom. The highest BCUT2D eigenvalue weighted by atomic mass is 35.5. The number of carbonyl (C=O) groups is 1. The van der Waals surface area contributed by atoms with Gasteiger partial charge in [-0.05, 0) is 49.4 Å². The maximum absolute atomic E-state index is 12.6. The highest BCUT2D eigenvalue weighted by molar-refractivity contribution is 6.31. The van der Waals surface area contributed by atoms with Gasteiger partial charge in [-0.25, -0.2) is 4.68 Å². The minimum atomic E-state index is -0.0169. The Morgan fingerprint density at radius 3 is 2.65 bits per heavy atom. The van der Waals surface area contributed by atoms with E-state index in [1.54, 1.807) is 0 Å². The van der Waals surface area contributed by atoms with Gasteiger partial charge in [-0.3, -0.25) is 4.79 Å². The van der Waals surface area contributed by atoms with Crippen LogP contribution in [0.15, 0.2) is 54.6 Å². The standard InChI is InChI=1S/C21H20ClN3O/c22-18-11-5-4-7-15(18)13-14-20(26)23-21-17-10-6-12-19(17)24-25(21)16-8-2-1-3-9-16/h1-5,7-9,11H,6,10,12-14H2,(H,23,26). The third kappa shape index (κ3) is 3.37. The first-order chi connectivity index (χ1) is 12.7. The Labute approximate surface area is 157 Å². The molecular weight excluding hydrogens is 346 g/mol. The molecule has 26 heavy (non-hydrogen) atoms. The number of rotatable bonds is 5. The second-order valence-corrected chi connectivity index (χ2v) is 6.92. The van der Waals surface area contributed by atoms with Gasteiger partial charge in [-0.15, -0.1) is 0 Å². The summed E-state index contributed by atoms with van der Waals surface area (Å²) in [5, 5.41) is 8.53. The molecule has 1 amide bonds. The molecule has 2 aromatic carbocycles. The largest absolute Gasteiger partial charge is 0.310 e. The first kappa shape index (κ1) is 16.9. The van der Waals surface area contributed by atoms with Gasteiger partial charge in [-0.2, -0.15) is 5.10 Å². The Bertz CT molecular complexity index is 934. The number of halogens is 1. The van der Waals surface area contributed by atoms with E-state index in [1.807, 2.05) is 59.3 Å². The molecule has 1 N–H and O–H groups in total. The summed E-state index contributed by atoms with van der Waals surface area (Å²) in [6.45, 7) is 0. The maximum atomic E-state index is 12.6. The molecule has 0 atom stereocenters. The molecule has 5 heteroatoms. The molecular formula is C21H20ClN3O. The summed E-state index contributed by atoms with van der Waals surface area (Å²) >= 11 is 6.19. The molecule has 1 heterocycles. The molecule has 0 fully saturated rings. The van der Waals surface area contributed by atoms with Crippen LogP contribution < -0.4 is 5.32 Å². The first-order valence-corrected chi connectivity index (χ1v) is 9.29. The molecule has 0 radical (unpaired) electrons. The van der Waals surface area contributed by atoms with Crippen LogP contribution in [0, 0.1) is 0 Å². The predicted octanol–water partition coefficient (Wildman–Crippen LogP) is 4.59. The van der Waals surface area contributed by atoms with E-state index in [2.05, 4.69) is 5.32 Å². The third-order valence-electron chi connectivity index (χ3n) is 4.74. The SMILES string of the molecule is O=C(CCc1ccccc1Cl)Nc1c2c(nn1-c1ccccc1)CCC2. The van der Waals surface area contributed by atoms with Crippen molar-refractivity contribution in [1.29, 1.82) is 0 Å². The lowest BCUT2D eigenvalue weighted by Gasteiger charge is -2.11. The monoisotopic (exact) mass is 365 g/mol. The van der Waals surface area contributed by atoms with Crippen LogP contribution in [0.3, 0.4) is 0 Å². The van der Waals surface area contributed by atoms with Crippen molar-refractivity contribution in [2.45, 2.75) is 32.1 Å². The van der Waals surface area contributed by atoms with E-state index in [9.17, 15) is 4.79 Å². The number of aryl methyl sites for hydroxylation is 2. The summed E-state index contributed by atoms with van der Waals surface area (Å²) in [6, 6.07) is 17.6. The molecule has 0 aliphatic heterocycles. The van der Waals surface area contributed by atoms with E-state index in [-0.39, 0.29) is 5.91 Å². The van der Waals surface area contributed by atoms with Gasteiger partial charge in [0, 0.05) is 17.0 Å². The molecule has 0 bridgehead atoms. The lowest BCUT2D eigenvalue weighted by atomic mass is 10.1. The van der Waals surface area contributed by atoms with Gasteiger partial charge in [0.15, 0.2) is 0 Å². The Kier molecular flexibility index (Phi) is 4.76. The van der Waals surface area contributed by atoms with Crippen molar-refractivity contribution in [2.75, 3.05) is 5.32 Å². The van der Waals surface area contributed by atoms with Crippen molar-refractivity contribution in [1.82, 2.24) is 9.78 Å². The van der Waals surface area contributed by atoms with Crippen LogP contribution in [-0.4, -0.2) is 15.7 Å². The number of carbonyl (C=O) groups excluding carboxylic acids is 1. The van der Waals surface area contributed by atoms with Gasteiger partial charge < -0.3 is 5.32 Å². The molecule has 0 unspecified atom stereocenters. The van der Waals surface area contributed by atoms with Crippen molar-refractivity contribution in [2.24, 2.45) is 0 Å². The predicted molar refractivity (Wildman–Crippen MR) is 104 cm³/mol. The van der Waals surface area contributed by atoms with E-state index in [4.69, 9.17) is 16.7 Å². The van der Waals surface area contributed by atoms with Gasteiger partial charge >= 0.3 is 0 Å². The molecule has 132 valence electrons. The van der Waals surface area contributed by atoms with Crippen LogP contribution in [-0.2, 0) is 24.1 Å². The fraction of sp³-hybridized carbons (Fsp3) is 0.238. The fourth-order valence-corrected chi connectivity index (χ4v) is 3.65. The average Bonchev–Trinajstić information content (AvgIpc) is 3.24. The number of benzene rings is 2. The number of nitrogens with one attached hydrogen (secondary N) is 1. The van der Waals surface area contributed by atoms with E-state index in [0.717, 1.165) is 42.0 Å². The van der Waals surface area contributed by atoms with Gasteiger partial charge in [0.25, 0.3) is 0 Å². The number of anilines is 1. The zero-order valence-electron chi connectivity index (χ0n) is 14.4. The zero-order valence-corrected chi connectivity index (χ0v) is 15.2. The Balaban J connectivity index is 1.54. The quantitative estimate of drug-likeness (QED) is 0.719. The Morgan fingerprint density at radius 1 is 1.08 bits per heavy atom. The van der Waals surface area contributed by atoms with Gasteiger partial charge in [0.05, 0.1) is 11.4 Å². The molecule has 0 saturated heterocycles. The summed E-state index contributed by atoms with van der Waals surface area (Å²) in [6.07, 6.45) is 4.03. The van der Waals surface area contributed by atoms with Crippen LogP contribution in [0.2, 0.25) is 5.02 Å². The van der Waals surface area contributed by atoms with E-state index in [0.29, 0.717) is 17.9 Å². The van der Waals surface area contributed by atoms with Crippen LogP contribution in [0.4, 0.5) is 5.82 Å². The van der Waals surface area contributed by atoms with Crippen molar-refractivity contribution < 1.29 is 4.79 Å². The smallest absolute Gasteiger partial charge is 0.225 e. The van der Waals surface area contributed by atoms with Crippen molar-refractivity contribution in [3.63, 3.8) is 0 Å². The average molecular weight is 366 g/mol. The van der Waals surface area contributed by atoms with Crippen LogP contribution in [0.25, 0.3) is 5.69 Å². The van der Waals surface area contributed by atoms with Crippen LogP contribution in [0.1, 0.15) is 29.7 Å². The molecule has 1 aromatic heterocycles. The first-order valence-electron chi connectivity index (χ1n) is 8.92. The molecule has 0 saturated carbocycles. The third-order valence-corrected chi connectivity index (χ3v) is 5.11. The van der Waals surface area contributed by atoms with E-state index >= 15 is 0 Å². The number of aromatic nitrogens is 2. The van der Waals surface area contributed by atoms with E-state index < -0.39 is 0 Å². The summed E-state index contributed by atoms with van der Waals surface area (Å²) in [5.41, 5.74) is 4.21. The highest BCUT2D eigenvalue weighted by Gasteiger charge is 2.24. The molecule has 1 aliphatic carbocycles. The van der Waals surface area contributed by atoms with Crippen molar-refractivity contribution >= 4 is 23.3 Å². The number of hydrogen-bond acceptors (Lipinski definition) is 2. The lowest BCUT2D eigenvalue weighted by molar-refractivity contribution is -0.116.